The smallest absolute Gasteiger partial charge is 0.135 e. The summed E-state index contributed by atoms with van der Waals surface area (Å²) < 4.78 is 12.9. The minimum Gasteiger partial charge on any atom is -0.457 e. The third-order valence-corrected chi connectivity index (χ3v) is 8.60. The van der Waals surface area contributed by atoms with Gasteiger partial charge in [-0.2, -0.15) is 0 Å². The van der Waals surface area contributed by atoms with Gasteiger partial charge in [0.15, 0.2) is 0 Å². The quantitative estimate of drug-likeness (QED) is 0.213. The number of furan rings is 1. The van der Waals surface area contributed by atoms with E-state index in [1.165, 1.54) is 38.2 Å². The summed E-state index contributed by atoms with van der Waals surface area (Å²) in [5.41, 5.74) is 6.67. The highest BCUT2D eigenvalue weighted by atomic mass is 16.5. The Hall–Kier alpha value is -5.08. The third-order valence-electron chi connectivity index (χ3n) is 8.60. The van der Waals surface area contributed by atoms with Crippen LogP contribution in [0.2, 0.25) is 0 Å². The average molecular weight is 529 g/mol. The molecule has 0 saturated heterocycles. The molecule has 8 rings (SSSR count). The van der Waals surface area contributed by atoms with Gasteiger partial charge < -0.3 is 9.15 Å². The van der Waals surface area contributed by atoms with E-state index in [9.17, 15) is 0 Å². The predicted molar refractivity (Wildman–Crippen MR) is 169 cm³/mol. The molecule has 0 unspecified atom stereocenters. The van der Waals surface area contributed by atoms with Crippen LogP contribution in [-0.4, -0.2) is 0 Å². The van der Waals surface area contributed by atoms with Crippen LogP contribution in [0.3, 0.4) is 0 Å². The Bertz CT molecular complexity index is 2110. The highest BCUT2D eigenvalue weighted by Gasteiger charge is 2.34. The van der Waals surface area contributed by atoms with E-state index in [0.717, 1.165) is 39.7 Å². The normalized spacial score (nSPS) is 13.5. The molecule has 0 saturated carbocycles. The lowest BCUT2D eigenvalue weighted by atomic mass is 9.75. The van der Waals surface area contributed by atoms with Crippen molar-refractivity contribution in [3.63, 3.8) is 0 Å². The summed E-state index contributed by atoms with van der Waals surface area (Å²) in [5, 5.41) is 5.02. The van der Waals surface area contributed by atoms with Crippen LogP contribution in [0, 0.1) is 0 Å². The van der Waals surface area contributed by atoms with Crippen molar-refractivity contribution in [2.24, 2.45) is 0 Å². The Morgan fingerprint density at radius 1 is 0.463 bits per heavy atom. The number of hydrogen-bond acceptors (Lipinski definition) is 2. The summed E-state index contributed by atoms with van der Waals surface area (Å²) in [5.74, 6) is 3.46. The van der Waals surface area contributed by atoms with Gasteiger partial charge in [-0.1, -0.05) is 123 Å². The first-order valence-electron chi connectivity index (χ1n) is 14.1. The fourth-order valence-corrected chi connectivity index (χ4v) is 6.46. The van der Waals surface area contributed by atoms with E-state index in [2.05, 4.69) is 135 Å². The second-order valence-corrected chi connectivity index (χ2v) is 11.3. The Labute approximate surface area is 239 Å². The Morgan fingerprint density at radius 3 is 2.10 bits per heavy atom. The van der Waals surface area contributed by atoms with Crippen molar-refractivity contribution < 1.29 is 9.15 Å². The van der Waals surface area contributed by atoms with Crippen LogP contribution in [-0.2, 0) is 5.41 Å². The van der Waals surface area contributed by atoms with Gasteiger partial charge in [0, 0.05) is 27.7 Å². The largest absolute Gasteiger partial charge is 0.457 e. The number of benzene rings is 6. The van der Waals surface area contributed by atoms with E-state index in [4.69, 9.17) is 9.15 Å². The zero-order chi connectivity index (χ0) is 27.6. The van der Waals surface area contributed by atoms with Gasteiger partial charge in [0.25, 0.3) is 0 Å². The van der Waals surface area contributed by atoms with Crippen LogP contribution in [0.5, 0.6) is 11.5 Å². The van der Waals surface area contributed by atoms with Gasteiger partial charge in [-0.05, 0) is 56.9 Å². The van der Waals surface area contributed by atoms with Gasteiger partial charge in [0.1, 0.15) is 23.0 Å². The van der Waals surface area contributed by atoms with Crippen molar-refractivity contribution in [2.45, 2.75) is 19.3 Å². The minimum atomic E-state index is -0.139. The first-order chi connectivity index (χ1) is 20.1. The molecule has 0 N–H and O–H groups in total. The van der Waals surface area contributed by atoms with Crippen LogP contribution in [0.4, 0.5) is 0 Å². The topological polar surface area (TPSA) is 22.4 Å². The van der Waals surface area contributed by atoms with E-state index < -0.39 is 0 Å². The third kappa shape index (κ3) is 3.72. The molecule has 0 spiro atoms. The van der Waals surface area contributed by atoms with Crippen molar-refractivity contribution in [3.05, 3.63) is 145 Å². The first-order valence-corrected chi connectivity index (χ1v) is 14.1. The molecule has 0 aliphatic carbocycles. The van der Waals surface area contributed by atoms with Crippen molar-refractivity contribution in [3.8, 4) is 45.3 Å². The summed E-state index contributed by atoms with van der Waals surface area (Å²) in [4.78, 5) is 0. The number of para-hydroxylation sites is 1. The number of ether oxygens (including phenoxy) is 1. The molecule has 0 fully saturated rings. The van der Waals surface area contributed by atoms with Crippen LogP contribution < -0.4 is 4.74 Å². The molecule has 1 aliphatic heterocycles. The Kier molecular flexibility index (Phi) is 5.20. The lowest BCUT2D eigenvalue weighted by molar-refractivity contribution is 0.418. The molecule has 0 radical (unpaired) electrons. The summed E-state index contributed by atoms with van der Waals surface area (Å²) in [6.07, 6.45) is 0. The van der Waals surface area contributed by atoms with Gasteiger partial charge in [-0.3, -0.25) is 0 Å². The minimum absolute atomic E-state index is 0.139. The summed E-state index contributed by atoms with van der Waals surface area (Å²) >= 11 is 0. The highest BCUT2D eigenvalue weighted by Crippen LogP contribution is 2.49. The fourth-order valence-electron chi connectivity index (χ4n) is 6.46. The maximum Gasteiger partial charge on any atom is 0.135 e. The molecule has 1 aliphatic rings. The van der Waals surface area contributed by atoms with Gasteiger partial charge in [-0.15, -0.1) is 0 Å². The molecule has 196 valence electrons. The lowest BCUT2D eigenvalue weighted by Crippen LogP contribution is -2.24. The highest BCUT2D eigenvalue weighted by molar-refractivity contribution is 6.12. The molecule has 0 amide bonds. The van der Waals surface area contributed by atoms with E-state index in [1.807, 2.05) is 12.1 Å². The predicted octanol–water partition coefficient (Wildman–Crippen LogP) is 11.0. The van der Waals surface area contributed by atoms with Crippen LogP contribution in [0.15, 0.2) is 138 Å². The Morgan fingerprint density at radius 2 is 1.17 bits per heavy atom. The summed E-state index contributed by atoms with van der Waals surface area (Å²) in [6.45, 7) is 4.51. The van der Waals surface area contributed by atoms with Gasteiger partial charge in [0.05, 0.1) is 0 Å². The van der Waals surface area contributed by atoms with Crippen molar-refractivity contribution in [1.29, 1.82) is 0 Å². The number of rotatable bonds is 3. The van der Waals surface area contributed by atoms with E-state index >= 15 is 0 Å². The summed E-state index contributed by atoms with van der Waals surface area (Å²) in [7, 11) is 0. The number of hydrogen-bond donors (Lipinski definition) is 0. The molecule has 0 bridgehead atoms. The van der Waals surface area contributed by atoms with Crippen molar-refractivity contribution >= 4 is 21.5 Å². The van der Waals surface area contributed by atoms with Gasteiger partial charge in [0.2, 0.25) is 0 Å². The first kappa shape index (κ1) is 23.8. The molecule has 2 heteroatoms. The van der Waals surface area contributed by atoms with Crippen LogP contribution >= 0.6 is 0 Å². The van der Waals surface area contributed by atoms with Gasteiger partial charge in [-0.25, -0.2) is 0 Å². The molecule has 1 aromatic heterocycles. The second-order valence-electron chi connectivity index (χ2n) is 11.3. The number of fused-ring (bicyclic) bond motifs is 5. The standard InChI is InChI=1S/C39H28O2/c1-39(2)33-16-7-8-17-37(33)41-38-24-26(19-21-34(38)39)35-22-23-36(40-35)32-13-6-5-12-30(32)29-15-9-14-28-27-11-4-3-10-25(27)18-20-31(28)29/h3-24H,1-2H3. The fraction of sp³-hybridized carbons (Fsp3) is 0.0769. The molecule has 7 aromatic rings. The lowest BCUT2D eigenvalue weighted by Gasteiger charge is -2.34. The Balaban J connectivity index is 1.21. The van der Waals surface area contributed by atoms with Gasteiger partial charge >= 0.3 is 0 Å². The van der Waals surface area contributed by atoms with E-state index in [0.29, 0.717) is 0 Å². The molecular weight excluding hydrogens is 500 g/mol. The average Bonchev–Trinajstić information content (AvgIpc) is 3.51. The van der Waals surface area contributed by atoms with Crippen LogP contribution in [0.25, 0.3) is 55.3 Å². The molecule has 2 nitrogen and oxygen atoms in total. The van der Waals surface area contributed by atoms with Crippen molar-refractivity contribution in [1.82, 2.24) is 0 Å². The second kappa shape index (κ2) is 8.97. The van der Waals surface area contributed by atoms with Crippen LogP contribution in [0.1, 0.15) is 25.0 Å². The van der Waals surface area contributed by atoms with Crippen molar-refractivity contribution in [2.75, 3.05) is 0 Å². The molecular formula is C39H28O2. The zero-order valence-electron chi connectivity index (χ0n) is 23.0. The molecule has 41 heavy (non-hydrogen) atoms. The zero-order valence-corrected chi connectivity index (χ0v) is 23.0. The molecule has 0 atom stereocenters. The monoisotopic (exact) mass is 528 g/mol. The molecule has 2 heterocycles. The van der Waals surface area contributed by atoms with E-state index in [-0.39, 0.29) is 5.41 Å². The maximum atomic E-state index is 6.56. The SMILES string of the molecule is CC1(C)c2ccccc2Oc2cc(-c3ccc(-c4ccccc4-c4cccc5c4ccc4ccccc45)o3)ccc21. The summed E-state index contributed by atoms with van der Waals surface area (Å²) in [6, 6.07) is 47.0. The van der Waals surface area contributed by atoms with E-state index in [1.54, 1.807) is 0 Å². The maximum absolute atomic E-state index is 6.56. The molecule has 6 aromatic carbocycles.